The average Bonchev–Trinajstić information content (AvgIpc) is 2.39. The maximum atomic E-state index is 8.95. The minimum absolute atomic E-state index is 0.0281. The summed E-state index contributed by atoms with van der Waals surface area (Å²) in [6.45, 7) is 4.66. The summed E-state index contributed by atoms with van der Waals surface area (Å²) < 4.78 is 0. The van der Waals surface area contributed by atoms with Crippen molar-refractivity contribution in [1.29, 1.82) is 0 Å². The number of hydrogen-bond donors (Lipinski definition) is 1. The first-order valence-electron chi connectivity index (χ1n) is 6.62. The number of aromatic nitrogens is 2. The standard InChI is InChI=1S/C14H22N2O/c1-10(2)12-3-5-13(6-4-12)14-15-7-11(9-17)8-16-14/h7-8,10,12-13,17H,3-6,9H2,1-2H3. The van der Waals surface area contributed by atoms with Crippen LogP contribution in [0.15, 0.2) is 12.4 Å². The van der Waals surface area contributed by atoms with E-state index in [0.29, 0.717) is 5.92 Å². The Kier molecular flexibility index (Phi) is 4.11. The molecule has 0 spiro atoms. The first-order valence-corrected chi connectivity index (χ1v) is 6.62. The molecular formula is C14H22N2O. The summed E-state index contributed by atoms with van der Waals surface area (Å²) in [5.41, 5.74) is 0.796. The van der Waals surface area contributed by atoms with E-state index in [9.17, 15) is 0 Å². The maximum Gasteiger partial charge on any atom is 0.131 e. The fourth-order valence-corrected chi connectivity index (χ4v) is 2.70. The molecule has 0 aliphatic heterocycles. The van der Waals surface area contributed by atoms with Crippen molar-refractivity contribution in [2.45, 2.75) is 52.1 Å². The molecule has 3 nitrogen and oxygen atoms in total. The van der Waals surface area contributed by atoms with Crippen LogP contribution in [0.5, 0.6) is 0 Å². The Morgan fingerprint density at radius 1 is 1.18 bits per heavy atom. The van der Waals surface area contributed by atoms with Gasteiger partial charge >= 0.3 is 0 Å². The first kappa shape index (κ1) is 12.5. The molecule has 2 rings (SSSR count). The number of hydrogen-bond acceptors (Lipinski definition) is 3. The molecule has 0 unspecified atom stereocenters. The van der Waals surface area contributed by atoms with E-state index in [2.05, 4.69) is 23.8 Å². The van der Waals surface area contributed by atoms with Crippen molar-refractivity contribution in [2.24, 2.45) is 11.8 Å². The average molecular weight is 234 g/mol. The predicted octanol–water partition coefficient (Wildman–Crippen LogP) is 2.90. The third-order valence-corrected chi connectivity index (χ3v) is 3.99. The molecule has 1 saturated carbocycles. The Labute approximate surface area is 103 Å². The van der Waals surface area contributed by atoms with Crippen LogP contribution in [-0.2, 0) is 6.61 Å². The second kappa shape index (κ2) is 5.58. The maximum absolute atomic E-state index is 8.95. The SMILES string of the molecule is CC(C)C1CCC(c2ncc(CO)cn2)CC1. The monoisotopic (exact) mass is 234 g/mol. The van der Waals surface area contributed by atoms with Crippen LogP contribution in [-0.4, -0.2) is 15.1 Å². The Bertz CT molecular complexity index is 340. The van der Waals surface area contributed by atoms with E-state index >= 15 is 0 Å². The summed E-state index contributed by atoms with van der Waals surface area (Å²) in [5, 5.41) is 8.95. The van der Waals surface area contributed by atoms with Crippen LogP contribution < -0.4 is 0 Å². The smallest absolute Gasteiger partial charge is 0.131 e. The van der Waals surface area contributed by atoms with E-state index in [1.54, 1.807) is 12.4 Å². The van der Waals surface area contributed by atoms with Crippen LogP contribution >= 0.6 is 0 Å². The van der Waals surface area contributed by atoms with Gasteiger partial charge < -0.3 is 5.11 Å². The Morgan fingerprint density at radius 3 is 2.24 bits per heavy atom. The lowest BCUT2D eigenvalue weighted by Gasteiger charge is -2.30. The van der Waals surface area contributed by atoms with Gasteiger partial charge in [-0.25, -0.2) is 9.97 Å². The van der Waals surface area contributed by atoms with Crippen molar-refractivity contribution in [3.8, 4) is 0 Å². The second-order valence-electron chi connectivity index (χ2n) is 5.46. The highest BCUT2D eigenvalue weighted by Gasteiger charge is 2.25. The molecular weight excluding hydrogens is 212 g/mol. The molecule has 1 aromatic rings. The van der Waals surface area contributed by atoms with Gasteiger partial charge in [0.05, 0.1) is 6.61 Å². The molecule has 1 N–H and O–H groups in total. The number of aliphatic hydroxyl groups excluding tert-OH is 1. The van der Waals surface area contributed by atoms with Crippen LogP contribution in [0.3, 0.4) is 0 Å². The predicted molar refractivity (Wildman–Crippen MR) is 67.5 cm³/mol. The van der Waals surface area contributed by atoms with Crippen molar-refractivity contribution in [3.05, 3.63) is 23.8 Å². The highest BCUT2D eigenvalue weighted by molar-refractivity contribution is 5.07. The molecule has 0 bridgehead atoms. The Hall–Kier alpha value is -0.960. The minimum Gasteiger partial charge on any atom is -0.392 e. The molecule has 1 aromatic heterocycles. The van der Waals surface area contributed by atoms with Gasteiger partial charge in [-0.05, 0) is 37.5 Å². The van der Waals surface area contributed by atoms with E-state index in [0.717, 1.165) is 23.2 Å². The normalized spacial score (nSPS) is 25.2. The van der Waals surface area contributed by atoms with Gasteiger partial charge in [0.25, 0.3) is 0 Å². The fourth-order valence-electron chi connectivity index (χ4n) is 2.70. The number of nitrogens with zero attached hydrogens (tertiary/aromatic N) is 2. The molecule has 1 aliphatic carbocycles. The van der Waals surface area contributed by atoms with Gasteiger partial charge in [0.2, 0.25) is 0 Å². The Morgan fingerprint density at radius 2 is 1.76 bits per heavy atom. The Balaban J connectivity index is 1.95. The summed E-state index contributed by atoms with van der Waals surface area (Å²) >= 11 is 0. The molecule has 1 aliphatic rings. The van der Waals surface area contributed by atoms with Crippen molar-refractivity contribution in [3.63, 3.8) is 0 Å². The molecule has 0 saturated heterocycles. The largest absolute Gasteiger partial charge is 0.392 e. The minimum atomic E-state index is 0.0281. The van der Waals surface area contributed by atoms with Crippen LogP contribution in [0.25, 0.3) is 0 Å². The van der Waals surface area contributed by atoms with Gasteiger partial charge in [0, 0.05) is 23.9 Å². The fraction of sp³-hybridized carbons (Fsp3) is 0.714. The lowest BCUT2D eigenvalue weighted by atomic mass is 9.77. The van der Waals surface area contributed by atoms with Crippen LogP contribution in [0.1, 0.15) is 56.8 Å². The molecule has 1 heterocycles. The third-order valence-electron chi connectivity index (χ3n) is 3.99. The van der Waals surface area contributed by atoms with E-state index < -0.39 is 0 Å². The van der Waals surface area contributed by atoms with Crippen molar-refractivity contribution in [1.82, 2.24) is 9.97 Å². The molecule has 0 atom stereocenters. The summed E-state index contributed by atoms with van der Waals surface area (Å²) in [6.07, 6.45) is 8.51. The summed E-state index contributed by atoms with van der Waals surface area (Å²) in [4.78, 5) is 8.74. The summed E-state index contributed by atoms with van der Waals surface area (Å²) in [7, 11) is 0. The molecule has 1 fully saturated rings. The van der Waals surface area contributed by atoms with Crippen molar-refractivity contribution >= 4 is 0 Å². The van der Waals surface area contributed by atoms with Crippen molar-refractivity contribution < 1.29 is 5.11 Å². The lowest BCUT2D eigenvalue weighted by molar-refractivity contribution is 0.254. The van der Waals surface area contributed by atoms with Crippen LogP contribution in [0, 0.1) is 11.8 Å². The molecule has 0 aromatic carbocycles. The quantitative estimate of drug-likeness (QED) is 0.874. The number of aliphatic hydroxyl groups is 1. The van der Waals surface area contributed by atoms with Crippen molar-refractivity contribution in [2.75, 3.05) is 0 Å². The van der Waals surface area contributed by atoms with Gasteiger partial charge in [-0.3, -0.25) is 0 Å². The van der Waals surface area contributed by atoms with E-state index in [1.807, 2.05) is 0 Å². The topological polar surface area (TPSA) is 46.0 Å². The molecule has 17 heavy (non-hydrogen) atoms. The van der Waals surface area contributed by atoms with Gasteiger partial charge in [-0.1, -0.05) is 13.8 Å². The van der Waals surface area contributed by atoms with E-state index in [-0.39, 0.29) is 6.61 Å². The lowest BCUT2D eigenvalue weighted by Crippen LogP contribution is -2.18. The first-order chi connectivity index (χ1) is 8.20. The van der Waals surface area contributed by atoms with Gasteiger partial charge in [0.15, 0.2) is 0 Å². The zero-order valence-electron chi connectivity index (χ0n) is 10.8. The highest BCUT2D eigenvalue weighted by Crippen LogP contribution is 2.37. The third kappa shape index (κ3) is 3.03. The molecule has 0 amide bonds. The van der Waals surface area contributed by atoms with E-state index in [1.165, 1.54) is 25.7 Å². The van der Waals surface area contributed by atoms with Gasteiger partial charge in [-0.2, -0.15) is 0 Å². The van der Waals surface area contributed by atoms with Gasteiger partial charge in [-0.15, -0.1) is 0 Å². The second-order valence-corrected chi connectivity index (χ2v) is 5.46. The summed E-state index contributed by atoms with van der Waals surface area (Å²) in [5.74, 6) is 3.17. The number of rotatable bonds is 3. The molecule has 0 radical (unpaired) electrons. The molecule has 94 valence electrons. The van der Waals surface area contributed by atoms with Gasteiger partial charge in [0.1, 0.15) is 5.82 Å². The zero-order chi connectivity index (χ0) is 12.3. The van der Waals surface area contributed by atoms with E-state index in [4.69, 9.17) is 5.11 Å². The highest BCUT2D eigenvalue weighted by atomic mass is 16.3. The molecule has 3 heteroatoms. The van der Waals surface area contributed by atoms with Crippen LogP contribution in [0.2, 0.25) is 0 Å². The summed E-state index contributed by atoms with van der Waals surface area (Å²) in [6, 6.07) is 0. The van der Waals surface area contributed by atoms with Crippen LogP contribution in [0.4, 0.5) is 0 Å². The zero-order valence-corrected chi connectivity index (χ0v) is 10.8.